The Balaban J connectivity index is 1.96. The van der Waals surface area contributed by atoms with Gasteiger partial charge in [0.2, 0.25) is 5.91 Å². The number of carbonyl (C=O) groups excluding carboxylic acids is 1. The van der Waals surface area contributed by atoms with E-state index in [1.54, 1.807) is 24.1 Å². The van der Waals surface area contributed by atoms with Crippen LogP contribution in [0.2, 0.25) is 0 Å². The molecule has 23 heavy (non-hydrogen) atoms. The van der Waals surface area contributed by atoms with Gasteiger partial charge in [0.1, 0.15) is 18.0 Å². The van der Waals surface area contributed by atoms with Crippen molar-refractivity contribution < 1.29 is 23.8 Å². The van der Waals surface area contributed by atoms with Crippen molar-refractivity contribution in [2.75, 3.05) is 33.3 Å². The number of ether oxygens (including phenoxy) is 1. The number of nitrogens with zero attached hydrogens (tertiary/aromatic N) is 2. The highest BCUT2D eigenvalue weighted by Crippen LogP contribution is 2.22. The van der Waals surface area contributed by atoms with Gasteiger partial charge in [-0.1, -0.05) is 12.1 Å². The second-order valence-corrected chi connectivity index (χ2v) is 5.68. The van der Waals surface area contributed by atoms with Crippen LogP contribution in [0.4, 0.5) is 4.39 Å². The van der Waals surface area contributed by atoms with Gasteiger partial charge in [0.15, 0.2) is 0 Å². The predicted octanol–water partition coefficient (Wildman–Crippen LogP) is 1.13. The average molecular weight is 324 g/mol. The summed E-state index contributed by atoms with van der Waals surface area (Å²) in [5.41, 5.74) is 0.816. The third-order valence-electron chi connectivity index (χ3n) is 4.06. The standard InChI is InChI=1S/C16H21FN2O4/c1-11(16(21)22)18(2)10-15(20)19-7-8-23-14(9-19)12-3-5-13(17)6-4-12/h3-6,11,14H,7-10H2,1-2H3,(H,21,22). The Kier molecular flexibility index (Phi) is 5.68. The van der Waals surface area contributed by atoms with Gasteiger partial charge in [-0.3, -0.25) is 14.5 Å². The van der Waals surface area contributed by atoms with E-state index < -0.39 is 12.0 Å². The van der Waals surface area contributed by atoms with Crippen LogP contribution in [0.5, 0.6) is 0 Å². The lowest BCUT2D eigenvalue weighted by Crippen LogP contribution is -2.48. The number of morpholine rings is 1. The Labute approximate surface area is 134 Å². The molecule has 1 amide bonds. The molecular weight excluding hydrogens is 303 g/mol. The summed E-state index contributed by atoms with van der Waals surface area (Å²) in [7, 11) is 1.61. The van der Waals surface area contributed by atoms with Crippen LogP contribution >= 0.6 is 0 Å². The zero-order chi connectivity index (χ0) is 17.0. The first-order valence-corrected chi connectivity index (χ1v) is 7.46. The average Bonchev–Trinajstić information content (AvgIpc) is 2.54. The van der Waals surface area contributed by atoms with Crippen LogP contribution in [0, 0.1) is 5.82 Å². The van der Waals surface area contributed by atoms with Crippen LogP contribution in [-0.4, -0.2) is 66.1 Å². The third-order valence-corrected chi connectivity index (χ3v) is 4.06. The minimum absolute atomic E-state index is 0.0314. The summed E-state index contributed by atoms with van der Waals surface area (Å²) >= 11 is 0. The number of likely N-dealkylation sites (N-methyl/N-ethyl adjacent to an activating group) is 1. The van der Waals surface area contributed by atoms with E-state index in [-0.39, 0.29) is 24.4 Å². The predicted molar refractivity (Wildman–Crippen MR) is 81.4 cm³/mol. The number of carboxylic acid groups (broad SMARTS) is 1. The van der Waals surface area contributed by atoms with Crippen molar-refractivity contribution in [2.45, 2.75) is 19.1 Å². The maximum Gasteiger partial charge on any atom is 0.320 e. The number of amides is 1. The molecule has 1 fully saturated rings. The quantitative estimate of drug-likeness (QED) is 0.879. The monoisotopic (exact) mass is 324 g/mol. The van der Waals surface area contributed by atoms with Gasteiger partial charge in [0.05, 0.1) is 19.7 Å². The van der Waals surface area contributed by atoms with Crippen molar-refractivity contribution in [3.05, 3.63) is 35.6 Å². The van der Waals surface area contributed by atoms with E-state index in [0.29, 0.717) is 19.7 Å². The Morgan fingerprint density at radius 2 is 2.09 bits per heavy atom. The molecule has 1 aliphatic heterocycles. The minimum atomic E-state index is -0.966. The van der Waals surface area contributed by atoms with Gasteiger partial charge in [-0.2, -0.15) is 0 Å². The van der Waals surface area contributed by atoms with Gasteiger partial charge in [-0.05, 0) is 31.7 Å². The smallest absolute Gasteiger partial charge is 0.320 e. The molecule has 1 N–H and O–H groups in total. The lowest BCUT2D eigenvalue weighted by Gasteiger charge is -2.34. The molecule has 0 aliphatic carbocycles. The van der Waals surface area contributed by atoms with E-state index in [0.717, 1.165) is 5.56 Å². The molecule has 2 atom stereocenters. The first-order valence-electron chi connectivity index (χ1n) is 7.46. The number of hydrogen-bond donors (Lipinski definition) is 1. The summed E-state index contributed by atoms with van der Waals surface area (Å²) in [4.78, 5) is 26.4. The van der Waals surface area contributed by atoms with Crippen molar-refractivity contribution in [1.29, 1.82) is 0 Å². The van der Waals surface area contributed by atoms with E-state index in [1.165, 1.54) is 24.0 Å². The maximum absolute atomic E-state index is 13.0. The van der Waals surface area contributed by atoms with Crippen LogP contribution in [0.15, 0.2) is 24.3 Å². The van der Waals surface area contributed by atoms with Crippen molar-refractivity contribution >= 4 is 11.9 Å². The number of carboxylic acids is 1. The highest BCUT2D eigenvalue weighted by molar-refractivity contribution is 5.80. The van der Waals surface area contributed by atoms with Crippen molar-refractivity contribution in [3.63, 3.8) is 0 Å². The maximum atomic E-state index is 13.0. The zero-order valence-electron chi connectivity index (χ0n) is 13.2. The first-order chi connectivity index (χ1) is 10.9. The molecule has 2 rings (SSSR count). The number of aliphatic carboxylic acids is 1. The largest absolute Gasteiger partial charge is 0.480 e. The number of carbonyl (C=O) groups is 2. The normalized spacial score (nSPS) is 19.7. The van der Waals surface area contributed by atoms with Crippen LogP contribution < -0.4 is 0 Å². The van der Waals surface area contributed by atoms with E-state index in [4.69, 9.17) is 9.84 Å². The summed E-state index contributed by atoms with van der Waals surface area (Å²) in [5.74, 6) is -1.43. The second-order valence-electron chi connectivity index (χ2n) is 5.68. The molecule has 0 radical (unpaired) electrons. The van der Waals surface area contributed by atoms with E-state index in [1.807, 2.05) is 0 Å². The molecule has 1 aliphatic rings. The van der Waals surface area contributed by atoms with Crippen molar-refractivity contribution in [3.8, 4) is 0 Å². The molecule has 0 bridgehead atoms. The fourth-order valence-corrected chi connectivity index (χ4v) is 2.39. The zero-order valence-corrected chi connectivity index (χ0v) is 13.2. The molecular formula is C16H21FN2O4. The Morgan fingerprint density at radius 3 is 2.70 bits per heavy atom. The third kappa shape index (κ3) is 4.49. The molecule has 1 heterocycles. The lowest BCUT2D eigenvalue weighted by atomic mass is 10.1. The Morgan fingerprint density at radius 1 is 1.43 bits per heavy atom. The van der Waals surface area contributed by atoms with Crippen LogP contribution in [0.3, 0.4) is 0 Å². The Hall–Kier alpha value is -1.99. The number of hydrogen-bond acceptors (Lipinski definition) is 4. The molecule has 2 unspecified atom stereocenters. The van der Waals surface area contributed by atoms with Crippen LogP contribution in [-0.2, 0) is 14.3 Å². The van der Waals surface area contributed by atoms with Crippen molar-refractivity contribution in [2.24, 2.45) is 0 Å². The van der Waals surface area contributed by atoms with Gasteiger partial charge in [0, 0.05) is 6.54 Å². The molecule has 1 aromatic rings. The highest BCUT2D eigenvalue weighted by atomic mass is 19.1. The second kappa shape index (κ2) is 7.52. The molecule has 6 nitrogen and oxygen atoms in total. The van der Waals surface area contributed by atoms with Gasteiger partial charge < -0.3 is 14.7 Å². The van der Waals surface area contributed by atoms with Gasteiger partial charge in [-0.25, -0.2) is 4.39 Å². The van der Waals surface area contributed by atoms with Gasteiger partial charge >= 0.3 is 5.97 Å². The SMILES string of the molecule is CC(C(=O)O)N(C)CC(=O)N1CCOC(c2ccc(F)cc2)C1. The fourth-order valence-electron chi connectivity index (χ4n) is 2.39. The molecule has 0 saturated carbocycles. The first kappa shape index (κ1) is 17.4. The summed E-state index contributed by atoms with van der Waals surface area (Å²) in [5, 5.41) is 8.97. The summed E-state index contributed by atoms with van der Waals surface area (Å²) in [6.07, 6.45) is -0.296. The lowest BCUT2D eigenvalue weighted by molar-refractivity contribution is -0.145. The van der Waals surface area contributed by atoms with Gasteiger partial charge in [0.25, 0.3) is 0 Å². The fraction of sp³-hybridized carbons (Fsp3) is 0.500. The summed E-state index contributed by atoms with van der Waals surface area (Å²) in [6, 6.07) is 5.29. The summed E-state index contributed by atoms with van der Waals surface area (Å²) in [6.45, 7) is 2.80. The highest BCUT2D eigenvalue weighted by Gasteiger charge is 2.27. The molecule has 0 aromatic heterocycles. The van der Waals surface area contributed by atoms with Crippen molar-refractivity contribution in [1.82, 2.24) is 9.80 Å². The molecule has 0 spiro atoms. The molecule has 7 heteroatoms. The molecule has 1 saturated heterocycles. The van der Waals surface area contributed by atoms with Crippen LogP contribution in [0.1, 0.15) is 18.6 Å². The van der Waals surface area contributed by atoms with E-state index in [2.05, 4.69) is 0 Å². The Bertz CT molecular complexity index is 564. The van der Waals surface area contributed by atoms with E-state index in [9.17, 15) is 14.0 Å². The van der Waals surface area contributed by atoms with Crippen LogP contribution in [0.25, 0.3) is 0 Å². The molecule has 1 aromatic carbocycles. The number of benzene rings is 1. The minimum Gasteiger partial charge on any atom is -0.480 e. The van der Waals surface area contributed by atoms with Gasteiger partial charge in [-0.15, -0.1) is 0 Å². The number of halogens is 1. The van der Waals surface area contributed by atoms with E-state index >= 15 is 0 Å². The summed E-state index contributed by atoms with van der Waals surface area (Å²) < 4.78 is 18.6. The topological polar surface area (TPSA) is 70.1 Å². The number of rotatable bonds is 5. The molecule has 126 valence electrons.